The molecule has 2 nitrogen and oxygen atoms in total. The van der Waals surface area contributed by atoms with Gasteiger partial charge in [0.2, 0.25) is 0 Å². The first kappa shape index (κ1) is 14.6. The number of ether oxygens (including phenoxy) is 1. The normalized spacial score (nSPS) is 13.9. The first-order chi connectivity index (χ1) is 10.8. The van der Waals surface area contributed by atoms with E-state index in [4.69, 9.17) is 4.74 Å². The van der Waals surface area contributed by atoms with Crippen LogP contribution in [0, 0.1) is 0 Å². The lowest BCUT2D eigenvalue weighted by Gasteiger charge is -2.15. The van der Waals surface area contributed by atoms with Crippen LogP contribution < -0.4 is 4.74 Å². The molecular weight excluding hydrogens is 272 g/mol. The molecule has 0 saturated heterocycles. The van der Waals surface area contributed by atoms with E-state index in [1.807, 2.05) is 36.4 Å². The molecule has 2 aromatic rings. The van der Waals surface area contributed by atoms with Crippen LogP contribution in [0.1, 0.15) is 39.9 Å². The summed E-state index contributed by atoms with van der Waals surface area (Å²) in [7, 11) is 1.64. The summed E-state index contributed by atoms with van der Waals surface area (Å²) in [5.74, 6) is 0.847. The Balaban J connectivity index is 1.77. The van der Waals surface area contributed by atoms with Crippen molar-refractivity contribution < 1.29 is 9.53 Å². The van der Waals surface area contributed by atoms with Gasteiger partial charge in [0, 0.05) is 5.56 Å². The molecule has 112 valence electrons. The van der Waals surface area contributed by atoms with Gasteiger partial charge in [-0.3, -0.25) is 4.79 Å². The maximum atomic E-state index is 12.3. The smallest absolute Gasteiger partial charge is 0.185 e. The highest BCUT2D eigenvalue weighted by molar-refractivity contribution is 6.07. The number of hydrogen-bond donors (Lipinski definition) is 0. The molecule has 0 atom stereocenters. The highest BCUT2D eigenvalue weighted by Crippen LogP contribution is 2.22. The highest BCUT2D eigenvalue weighted by Gasteiger charge is 2.11. The van der Waals surface area contributed by atoms with Gasteiger partial charge in [-0.25, -0.2) is 0 Å². The molecule has 0 spiro atoms. The number of methoxy groups -OCH3 is 1. The molecule has 0 aliphatic heterocycles. The van der Waals surface area contributed by atoms with E-state index in [0.29, 0.717) is 0 Å². The summed E-state index contributed by atoms with van der Waals surface area (Å²) in [6.45, 7) is 0. The number of carbonyl (C=O) groups is 1. The number of benzene rings is 2. The average Bonchev–Trinajstić information content (AvgIpc) is 2.59. The van der Waals surface area contributed by atoms with E-state index < -0.39 is 0 Å². The van der Waals surface area contributed by atoms with Crippen LogP contribution in [-0.4, -0.2) is 12.9 Å². The van der Waals surface area contributed by atoms with Gasteiger partial charge in [0.15, 0.2) is 5.78 Å². The van der Waals surface area contributed by atoms with Gasteiger partial charge in [0.25, 0.3) is 0 Å². The van der Waals surface area contributed by atoms with Gasteiger partial charge < -0.3 is 4.74 Å². The summed E-state index contributed by atoms with van der Waals surface area (Å²) in [5.41, 5.74) is 4.48. The Hall–Kier alpha value is -2.35. The van der Waals surface area contributed by atoms with Crippen molar-refractivity contribution in [2.45, 2.75) is 25.7 Å². The van der Waals surface area contributed by atoms with E-state index in [-0.39, 0.29) is 5.78 Å². The van der Waals surface area contributed by atoms with Gasteiger partial charge >= 0.3 is 0 Å². The molecule has 0 unspecified atom stereocenters. The van der Waals surface area contributed by atoms with Crippen LogP contribution in [0.4, 0.5) is 0 Å². The van der Waals surface area contributed by atoms with Crippen LogP contribution in [0.25, 0.3) is 6.08 Å². The second kappa shape index (κ2) is 6.61. The van der Waals surface area contributed by atoms with Crippen molar-refractivity contribution in [3.8, 4) is 5.75 Å². The van der Waals surface area contributed by atoms with Crippen molar-refractivity contribution in [2.24, 2.45) is 0 Å². The van der Waals surface area contributed by atoms with E-state index >= 15 is 0 Å². The van der Waals surface area contributed by atoms with Gasteiger partial charge in [-0.1, -0.05) is 30.3 Å². The van der Waals surface area contributed by atoms with E-state index in [2.05, 4.69) is 12.1 Å². The Morgan fingerprint density at radius 3 is 2.68 bits per heavy atom. The minimum absolute atomic E-state index is 0.0520. The van der Waals surface area contributed by atoms with Crippen LogP contribution in [0.15, 0.2) is 48.5 Å². The number of allylic oxidation sites excluding steroid dienone is 1. The number of ketones is 1. The second-order valence-corrected chi connectivity index (χ2v) is 5.66. The molecule has 2 heteroatoms. The number of fused-ring (bicyclic) bond motifs is 1. The van der Waals surface area contributed by atoms with Gasteiger partial charge in [-0.2, -0.15) is 0 Å². The summed E-state index contributed by atoms with van der Waals surface area (Å²) in [4.78, 5) is 12.3. The molecule has 0 heterocycles. The Labute approximate surface area is 131 Å². The Bertz CT molecular complexity index is 713. The van der Waals surface area contributed by atoms with Crippen molar-refractivity contribution in [3.05, 3.63) is 70.8 Å². The minimum Gasteiger partial charge on any atom is -0.497 e. The summed E-state index contributed by atoms with van der Waals surface area (Å²) in [6.07, 6.45) is 8.20. The Morgan fingerprint density at radius 2 is 1.86 bits per heavy atom. The van der Waals surface area contributed by atoms with E-state index in [9.17, 15) is 4.79 Å². The van der Waals surface area contributed by atoms with E-state index in [1.165, 1.54) is 24.0 Å². The number of carbonyl (C=O) groups excluding carboxylic acids is 1. The van der Waals surface area contributed by atoms with Crippen LogP contribution in [0.2, 0.25) is 0 Å². The molecule has 1 aliphatic rings. The fraction of sp³-hybridized carbons (Fsp3) is 0.250. The zero-order valence-electron chi connectivity index (χ0n) is 12.8. The minimum atomic E-state index is 0.0520. The summed E-state index contributed by atoms with van der Waals surface area (Å²) in [6, 6.07) is 13.8. The molecule has 0 N–H and O–H groups in total. The molecule has 0 saturated carbocycles. The second-order valence-electron chi connectivity index (χ2n) is 5.66. The Morgan fingerprint density at radius 1 is 1.05 bits per heavy atom. The lowest BCUT2D eigenvalue weighted by molar-refractivity contribution is 0.104. The van der Waals surface area contributed by atoms with Crippen molar-refractivity contribution in [2.75, 3.05) is 7.11 Å². The third-order valence-corrected chi connectivity index (χ3v) is 4.15. The topological polar surface area (TPSA) is 26.3 Å². The zero-order chi connectivity index (χ0) is 15.4. The lowest BCUT2D eigenvalue weighted by atomic mass is 9.90. The molecular formula is C20H20O2. The van der Waals surface area contributed by atoms with Crippen molar-refractivity contribution in [3.63, 3.8) is 0 Å². The van der Waals surface area contributed by atoms with Crippen LogP contribution in [-0.2, 0) is 12.8 Å². The van der Waals surface area contributed by atoms with Gasteiger partial charge in [0.05, 0.1) is 7.11 Å². The van der Waals surface area contributed by atoms with Crippen LogP contribution in [0.5, 0.6) is 5.75 Å². The average molecular weight is 292 g/mol. The third-order valence-electron chi connectivity index (χ3n) is 4.15. The molecule has 2 aromatic carbocycles. The SMILES string of the molecule is COc1cccc(/C=C/C(=O)c2ccc3c(c2)CCCC3)c1. The van der Waals surface area contributed by atoms with Crippen molar-refractivity contribution in [1.82, 2.24) is 0 Å². The molecule has 0 aromatic heterocycles. The van der Waals surface area contributed by atoms with Gasteiger partial charge in [-0.15, -0.1) is 0 Å². The van der Waals surface area contributed by atoms with Gasteiger partial charge in [-0.05, 0) is 66.6 Å². The summed E-state index contributed by atoms with van der Waals surface area (Å²) >= 11 is 0. The lowest BCUT2D eigenvalue weighted by Crippen LogP contribution is -2.05. The molecule has 1 aliphatic carbocycles. The van der Waals surface area contributed by atoms with E-state index in [1.54, 1.807) is 13.2 Å². The number of aryl methyl sites for hydroxylation is 2. The highest BCUT2D eigenvalue weighted by atomic mass is 16.5. The Kier molecular flexibility index (Phi) is 4.38. The zero-order valence-corrected chi connectivity index (χ0v) is 12.8. The summed E-state index contributed by atoms with van der Waals surface area (Å²) < 4.78 is 5.19. The van der Waals surface area contributed by atoms with Crippen molar-refractivity contribution >= 4 is 11.9 Å². The monoisotopic (exact) mass is 292 g/mol. The molecule has 3 rings (SSSR count). The van der Waals surface area contributed by atoms with Crippen molar-refractivity contribution in [1.29, 1.82) is 0 Å². The van der Waals surface area contributed by atoms with Gasteiger partial charge in [0.1, 0.15) is 5.75 Å². The third kappa shape index (κ3) is 3.28. The van der Waals surface area contributed by atoms with Crippen LogP contribution in [0.3, 0.4) is 0 Å². The number of rotatable bonds is 4. The largest absolute Gasteiger partial charge is 0.497 e. The first-order valence-corrected chi connectivity index (χ1v) is 7.74. The predicted molar refractivity (Wildman–Crippen MR) is 89.4 cm³/mol. The molecule has 0 bridgehead atoms. The standard InChI is InChI=1S/C20H20O2/c1-22-19-8-4-5-15(13-19)9-12-20(21)18-11-10-16-6-2-3-7-17(16)14-18/h4-5,8-14H,2-3,6-7H2,1H3/b12-9+. The fourth-order valence-electron chi connectivity index (χ4n) is 2.90. The summed E-state index contributed by atoms with van der Waals surface area (Å²) in [5, 5.41) is 0. The maximum absolute atomic E-state index is 12.3. The van der Waals surface area contributed by atoms with Crippen LogP contribution >= 0.6 is 0 Å². The number of hydrogen-bond acceptors (Lipinski definition) is 2. The quantitative estimate of drug-likeness (QED) is 0.614. The molecule has 0 amide bonds. The fourth-order valence-corrected chi connectivity index (χ4v) is 2.90. The first-order valence-electron chi connectivity index (χ1n) is 7.74. The molecule has 0 radical (unpaired) electrons. The maximum Gasteiger partial charge on any atom is 0.185 e. The van der Waals surface area contributed by atoms with E-state index in [0.717, 1.165) is 29.7 Å². The predicted octanol–water partition coefficient (Wildman–Crippen LogP) is 4.47. The molecule has 22 heavy (non-hydrogen) atoms. The molecule has 0 fully saturated rings.